The third kappa shape index (κ3) is 2.46. The molecule has 0 fully saturated rings. The van der Waals surface area contributed by atoms with Crippen LogP contribution in [0.3, 0.4) is 0 Å². The summed E-state index contributed by atoms with van der Waals surface area (Å²) >= 11 is 0. The van der Waals surface area contributed by atoms with Gasteiger partial charge < -0.3 is 5.32 Å². The summed E-state index contributed by atoms with van der Waals surface area (Å²) in [5, 5.41) is 12.2. The number of hydrogen-bond acceptors (Lipinski definition) is 2. The SMILES string of the molecule is Cc1cccc(C)c1Nc1cccc(C#N)c1. The molecule has 0 aliphatic rings. The van der Waals surface area contributed by atoms with Gasteiger partial charge in [-0.1, -0.05) is 24.3 Å². The third-order valence-corrected chi connectivity index (χ3v) is 2.74. The Balaban J connectivity index is 2.35. The molecule has 0 aliphatic carbocycles. The van der Waals surface area contributed by atoms with Gasteiger partial charge in [0.2, 0.25) is 0 Å². The summed E-state index contributed by atoms with van der Waals surface area (Å²) in [4.78, 5) is 0. The van der Waals surface area contributed by atoms with Crippen LogP contribution in [0.5, 0.6) is 0 Å². The van der Waals surface area contributed by atoms with Gasteiger partial charge in [-0.25, -0.2) is 0 Å². The number of nitrogens with zero attached hydrogens (tertiary/aromatic N) is 1. The number of nitriles is 1. The van der Waals surface area contributed by atoms with Crippen molar-refractivity contribution in [1.29, 1.82) is 5.26 Å². The summed E-state index contributed by atoms with van der Waals surface area (Å²) in [5.74, 6) is 0. The Labute approximate surface area is 102 Å². The average Bonchev–Trinajstić information content (AvgIpc) is 2.34. The summed E-state index contributed by atoms with van der Waals surface area (Å²) in [6.45, 7) is 4.15. The fourth-order valence-electron chi connectivity index (χ4n) is 1.82. The molecular weight excluding hydrogens is 208 g/mol. The predicted octanol–water partition coefficient (Wildman–Crippen LogP) is 3.92. The number of anilines is 2. The molecule has 0 heterocycles. The Morgan fingerprint density at radius 1 is 1.00 bits per heavy atom. The highest BCUT2D eigenvalue weighted by atomic mass is 14.9. The van der Waals surface area contributed by atoms with Crippen molar-refractivity contribution in [2.45, 2.75) is 13.8 Å². The van der Waals surface area contributed by atoms with Crippen molar-refractivity contribution >= 4 is 11.4 Å². The van der Waals surface area contributed by atoms with Gasteiger partial charge in [0.15, 0.2) is 0 Å². The van der Waals surface area contributed by atoms with E-state index in [0.717, 1.165) is 11.4 Å². The number of para-hydroxylation sites is 1. The molecule has 0 atom stereocenters. The highest BCUT2D eigenvalue weighted by molar-refractivity contribution is 5.67. The van der Waals surface area contributed by atoms with Crippen molar-refractivity contribution in [2.75, 3.05) is 5.32 Å². The van der Waals surface area contributed by atoms with Crippen LogP contribution < -0.4 is 5.32 Å². The summed E-state index contributed by atoms with van der Waals surface area (Å²) in [7, 11) is 0. The fourth-order valence-corrected chi connectivity index (χ4v) is 1.82. The molecule has 0 aliphatic heterocycles. The standard InChI is InChI=1S/C15H14N2/c1-11-5-3-6-12(2)15(11)17-14-8-4-7-13(9-14)10-16/h3-9,17H,1-2H3. The summed E-state index contributed by atoms with van der Waals surface area (Å²) < 4.78 is 0. The van der Waals surface area contributed by atoms with Gasteiger partial charge >= 0.3 is 0 Å². The number of nitrogens with one attached hydrogen (secondary N) is 1. The van der Waals surface area contributed by atoms with Crippen LogP contribution in [-0.4, -0.2) is 0 Å². The van der Waals surface area contributed by atoms with Gasteiger partial charge in [0.1, 0.15) is 0 Å². The second-order valence-electron chi connectivity index (χ2n) is 4.08. The summed E-state index contributed by atoms with van der Waals surface area (Å²) in [6, 6.07) is 15.8. The lowest BCUT2D eigenvalue weighted by molar-refractivity contribution is 1.36. The van der Waals surface area contributed by atoms with E-state index in [0.29, 0.717) is 5.56 Å². The van der Waals surface area contributed by atoms with Crippen LogP contribution in [0.1, 0.15) is 16.7 Å². The minimum absolute atomic E-state index is 0.668. The number of benzene rings is 2. The zero-order chi connectivity index (χ0) is 12.3. The quantitative estimate of drug-likeness (QED) is 0.836. The van der Waals surface area contributed by atoms with Crippen LogP contribution in [0.4, 0.5) is 11.4 Å². The van der Waals surface area contributed by atoms with Crippen LogP contribution >= 0.6 is 0 Å². The molecule has 0 aromatic heterocycles. The molecule has 2 rings (SSSR count). The van der Waals surface area contributed by atoms with Crippen molar-refractivity contribution in [3.05, 3.63) is 59.2 Å². The molecule has 0 saturated heterocycles. The smallest absolute Gasteiger partial charge is 0.0992 e. The van der Waals surface area contributed by atoms with Gasteiger partial charge in [0, 0.05) is 11.4 Å². The maximum atomic E-state index is 8.86. The van der Waals surface area contributed by atoms with E-state index in [4.69, 9.17) is 5.26 Å². The fraction of sp³-hybridized carbons (Fsp3) is 0.133. The van der Waals surface area contributed by atoms with E-state index in [1.165, 1.54) is 11.1 Å². The molecule has 2 aromatic rings. The van der Waals surface area contributed by atoms with Crippen molar-refractivity contribution in [3.8, 4) is 6.07 Å². The first-order valence-corrected chi connectivity index (χ1v) is 5.54. The first-order valence-electron chi connectivity index (χ1n) is 5.54. The van der Waals surface area contributed by atoms with Gasteiger partial charge in [-0.3, -0.25) is 0 Å². The Hall–Kier alpha value is -2.27. The lowest BCUT2D eigenvalue weighted by atomic mass is 10.1. The minimum atomic E-state index is 0.668. The summed E-state index contributed by atoms with van der Waals surface area (Å²) in [6.07, 6.45) is 0. The lowest BCUT2D eigenvalue weighted by Gasteiger charge is -2.12. The van der Waals surface area contributed by atoms with E-state index in [1.807, 2.05) is 24.3 Å². The second kappa shape index (κ2) is 4.71. The molecule has 2 heteroatoms. The Bertz CT molecular complexity index is 559. The zero-order valence-corrected chi connectivity index (χ0v) is 9.99. The second-order valence-corrected chi connectivity index (χ2v) is 4.08. The van der Waals surface area contributed by atoms with E-state index in [1.54, 1.807) is 6.07 Å². The van der Waals surface area contributed by atoms with E-state index in [2.05, 4.69) is 37.4 Å². The molecule has 0 saturated carbocycles. The Morgan fingerprint density at radius 3 is 2.29 bits per heavy atom. The molecule has 1 N–H and O–H groups in total. The molecule has 0 bridgehead atoms. The Morgan fingerprint density at radius 2 is 1.65 bits per heavy atom. The molecule has 0 radical (unpaired) electrons. The van der Waals surface area contributed by atoms with E-state index in [-0.39, 0.29) is 0 Å². The van der Waals surface area contributed by atoms with Gasteiger partial charge in [0.25, 0.3) is 0 Å². The highest BCUT2D eigenvalue weighted by Crippen LogP contribution is 2.24. The maximum absolute atomic E-state index is 8.86. The van der Waals surface area contributed by atoms with Crippen molar-refractivity contribution in [1.82, 2.24) is 0 Å². The maximum Gasteiger partial charge on any atom is 0.0992 e. The monoisotopic (exact) mass is 222 g/mol. The van der Waals surface area contributed by atoms with Gasteiger partial charge in [0.05, 0.1) is 11.6 Å². The van der Waals surface area contributed by atoms with Crippen LogP contribution in [-0.2, 0) is 0 Å². The average molecular weight is 222 g/mol. The van der Waals surface area contributed by atoms with E-state index in [9.17, 15) is 0 Å². The minimum Gasteiger partial charge on any atom is -0.355 e. The first-order chi connectivity index (χ1) is 8.20. The molecule has 2 aromatic carbocycles. The number of hydrogen-bond donors (Lipinski definition) is 1. The van der Waals surface area contributed by atoms with Crippen LogP contribution in [0, 0.1) is 25.2 Å². The molecule has 0 unspecified atom stereocenters. The van der Waals surface area contributed by atoms with Gasteiger partial charge in [-0.05, 0) is 43.2 Å². The van der Waals surface area contributed by atoms with Crippen molar-refractivity contribution in [2.24, 2.45) is 0 Å². The zero-order valence-electron chi connectivity index (χ0n) is 9.99. The number of rotatable bonds is 2. The van der Waals surface area contributed by atoms with Gasteiger partial charge in [-0.2, -0.15) is 5.26 Å². The first kappa shape index (κ1) is 11.2. The Kier molecular flexibility index (Phi) is 3.11. The van der Waals surface area contributed by atoms with Gasteiger partial charge in [-0.15, -0.1) is 0 Å². The van der Waals surface area contributed by atoms with Crippen LogP contribution in [0.25, 0.3) is 0 Å². The highest BCUT2D eigenvalue weighted by Gasteiger charge is 2.02. The molecule has 0 spiro atoms. The topological polar surface area (TPSA) is 35.8 Å². The lowest BCUT2D eigenvalue weighted by Crippen LogP contribution is -1.96. The molecule has 84 valence electrons. The van der Waals surface area contributed by atoms with E-state index < -0.39 is 0 Å². The normalized spacial score (nSPS) is 9.71. The van der Waals surface area contributed by atoms with Crippen LogP contribution in [0.15, 0.2) is 42.5 Å². The molecule has 17 heavy (non-hydrogen) atoms. The third-order valence-electron chi connectivity index (χ3n) is 2.74. The molecule has 2 nitrogen and oxygen atoms in total. The van der Waals surface area contributed by atoms with Crippen molar-refractivity contribution < 1.29 is 0 Å². The van der Waals surface area contributed by atoms with Crippen molar-refractivity contribution in [3.63, 3.8) is 0 Å². The summed E-state index contributed by atoms with van der Waals surface area (Å²) in [5.41, 5.74) is 5.13. The number of aryl methyl sites for hydroxylation is 2. The molecule has 0 amide bonds. The largest absolute Gasteiger partial charge is 0.355 e. The predicted molar refractivity (Wildman–Crippen MR) is 70.4 cm³/mol. The molecular formula is C15H14N2. The van der Waals surface area contributed by atoms with E-state index >= 15 is 0 Å². The van der Waals surface area contributed by atoms with Crippen LogP contribution in [0.2, 0.25) is 0 Å².